The molecule has 1 aliphatic rings. The number of nitrogens with zero attached hydrogens (tertiary/aromatic N) is 1. The molecular formula is C17H28N2O4S. The monoisotopic (exact) mass is 356 g/mol. The topological polar surface area (TPSA) is 67.9 Å². The number of benzene rings is 1. The van der Waals surface area contributed by atoms with Crippen LogP contribution in [0.4, 0.5) is 0 Å². The maximum absolute atomic E-state index is 12.4. The molecule has 0 amide bonds. The van der Waals surface area contributed by atoms with E-state index in [1.807, 2.05) is 6.92 Å². The molecular weight excluding hydrogens is 328 g/mol. The summed E-state index contributed by atoms with van der Waals surface area (Å²) in [4.78, 5) is 2.56. The Bertz CT molecular complexity index is 602. The maximum Gasteiger partial charge on any atom is 0.240 e. The molecule has 0 radical (unpaired) electrons. The Morgan fingerprint density at radius 2 is 2.04 bits per heavy atom. The third-order valence-electron chi connectivity index (χ3n) is 3.79. The zero-order chi connectivity index (χ0) is 17.6. The fourth-order valence-corrected chi connectivity index (χ4v) is 3.82. The Morgan fingerprint density at radius 3 is 2.67 bits per heavy atom. The van der Waals surface area contributed by atoms with E-state index in [0.717, 1.165) is 19.6 Å². The highest BCUT2D eigenvalue weighted by atomic mass is 32.2. The molecule has 0 bridgehead atoms. The zero-order valence-corrected chi connectivity index (χ0v) is 15.5. The van der Waals surface area contributed by atoms with Crippen molar-refractivity contribution in [1.82, 2.24) is 9.62 Å². The van der Waals surface area contributed by atoms with E-state index >= 15 is 0 Å². The molecule has 136 valence electrons. The van der Waals surface area contributed by atoms with Gasteiger partial charge in [0.15, 0.2) is 0 Å². The van der Waals surface area contributed by atoms with Crippen molar-refractivity contribution in [1.29, 1.82) is 0 Å². The van der Waals surface area contributed by atoms with Gasteiger partial charge >= 0.3 is 0 Å². The number of rotatable bonds is 8. The average Bonchev–Trinajstić information content (AvgIpc) is 2.54. The molecule has 1 N–H and O–H groups in total. The summed E-state index contributed by atoms with van der Waals surface area (Å²) >= 11 is 0. The smallest absolute Gasteiger partial charge is 0.240 e. The van der Waals surface area contributed by atoms with Gasteiger partial charge in [-0.2, -0.15) is 0 Å². The number of morpholine rings is 1. The number of sulfonamides is 1. The minimum absolute atomic E-state index is 0.116. The Hall–Kier alpha value is -1.15. The summed E-state index contributed by atoms with van der Waals surface area (Å²) in [5.41, 5.74) is 0. The zero-order valence-electron chi connectivity index (χ0n) is 14.7. The van der Waals surface area contributed by atoms with Gasteiger partial charge in [0.25, 0.3) is 0 Å². The van der Waals surface area contributed by atoms with Crippen LogP contribution >= 0.6 is 0 Å². The predicted octanol–water partition coefficient (Wildman–Crippen LogP) is 1.72. The van der Waals surface area contributed by atoms with Crippen LogP contribution < -0.4 is 9.46 Å². The molecule has 1 heterocycles. The van der Waals surface area contributed by atoms with Crippen LogP contribution in [0, 0.1) is 5.92 Å². The van der Waals surface area contributed by atoms with Gasteiger partial charge in [0.05, 0.1) is 24.2 Å². The van der Waals surface area contributed by atoms with Crippen molar-refractivity contribution in [2.75, 3.05) is 39.4 Å². The molecule has 1 saturated heterocycles. The van der Waals surface area contributed by atoms with Crippen LogP contribution in [0.3, 0.4) is 0 Å². The molecule has 0 aliphatic carbocycles. The fraction of sp³-hybridized carbons (Fsp3) is 0.647. The van der Waals surface area contributed by atoms with Gasteiger partial charge in [-0.1, -0.05) is 13.8 Å². The van der Waals surface area contributed by atoms with E-state index in [1.165, 1.54) is 0 Å². The lowest BCUT2D eigenvalue weighted by molar-refractivity contribution is -0.0280. The standard InChI is InChI=1S/C17H28N2O4S/c1-4-22-15-5-7-17(8-6-15)24(20,21)18-11-16-13-19(9-10-23-16)12-14(2)3/h5-8,14,16,18H,4,9-13H2,1-3H3/t16-/m0/s1. The van der Waals surface area contributed by atoms with Crippen LogP contribution in [-0.4, -0.2) is 58.8 Å². The molecule has 7 heteroatoms. The minimum atomic E-state index is -3.54. The Morgan fingerprint density at radius 1 is 1.33 bits per heavy atom. The molecule has 0 saturated carbocycles. The lowest BCUT2D eigenvalue weighted by atomic mass is 10.2. The SMILES string of the molecule is CCOc1ccc(S(=O)(=O)NC[C@H]2CN(CC(C)C)CCO2)cc1. The highest BCUT2D eigenvalue weighted by molar-refractivity contribution is 7.89. The molecule has 6 nitrogen and oxygen atoms in total. The lowest BCUT2D eigenvalue weighted by Crippen LogP contribution is -2.48. The van der Waals surface area contributed by atoms with Gasteiger partial charge in [-0.3, -0.25) is 4.90 Å². The first-order valence-corrected chi connectivity index (χ1v) is 9.95. The number of ether oxygens (including phenoxy) is 2. The number of hydrogen-bond donors (Lipinski definition) is 1. The lowest BCUT2D eigenvalue weighted by Gasteiger charge is -2.33. The molecule has 0 spiro atoms. The molecule has 1 aliphatic heterocycles. The number of hydrogen-bond acceptors (Lipinski definition) is 5. The van der Waals surface area contributed by atoms with Crippen molar-refractivity contribution in [2.45, 2.75) is 31.8 Å². The Balaban J connectivity index is 1.89. The molecule has 2 rings (SSSR count). The van der Waals surface area contributed by atoms with Crippen molar-refractivity contribution in [3.8, 4) is 5.75 Å². The third-order valence-corrected chi connectivity index (χ3v) is 5.23. The Kier molecular flexibility index (Phi) is 7.03. The van der Waals surface area contributed by atoms with Gasteiger partial charge < -0.3 is 9.47 Å². The first-order chi connectivity index (χ1) is 11.4. The van der Waals surface area contributed by atoms with Crippen LogP contribution in [0.15, 0.2) is 29.2 Å². The predicted molar refractivity (Wildman–Crippen MR) is 93.8 cm³/mol. The highest BCUT2D eigenvalue weighted by Gasteiger charge is 2.23. The van der Waals surface area contributed by atoms with E-state index in [1.54, 1.807) is 24.3 Å². The van der Waals surface area contributed by atoms with Crippen LogP contribution in [-0.2, 0) is 14.8 Å². The molecule has 1 fully saturated rings. The van der Waals surface area contributed by atoms with Gasteiger partial charge in [-0.05, 0) is 37.1 Å². The van der Waals surface area contributed by atoms with E-state index < -0.39 is 10.0 Å². The summed E-state index contributed by atoms with van der Waals surface area (Å²) in [6, 6.07) is 6.44. The van der Waals surface area contributed by atoms with Crippen LogP contribution in [0.25, 0.3) is 0 Å². The second kappa shape index (κ2) is 8.80. The van der Waals surface area contributed by atoms with Gasteiger partial charge in [-0.15, -0.1) is 0 Å². The van der Waals surface area contributed by atoms with Crippen LogP contribution in [0.2, 0.25) is 0 Å². The highest BCUT2D eigenvalue weighted by Crippen LogP contribution is 2.16. The van der Waals surface area contributed by atoms with Crippen molar-refractivity contribution < 1.29 is 17.9 Å². The molecule has 0 aromatic heterocycles. The van der Waals surface area contributed by atoms with Gasteiger partial charge in [0.2, 0.25) is 10.0 Å². The molecule has 1 aromatic rings. The van der Waals surface area contributed by atoms with Crippen molar-refractivity contribution in [3.05, 3.63) is 24.3 Å². The van der Waals surface area contributed by atoms with Gasteiger partial charge in [-0.25, -0.2) is 13.1 Å². The average molecular weight is 356 g/mol. The van der Waals surface area contributed by atoms with E-state index in [9.17, 15) is 8.42 Å². The third kappa shape index (κ3) is 5.73. The van der Waals surface area contributed by atoms with E-state index in [-0.39, 0.29) is 17.5 Å². The fourth-order valence-electron chi connectivity index (χ4n) is 2.75. The van der Waals surface area contributed by atoms with Gasteiger partial charge in [0.1, 0.15) is 5.75 Å². The van der Waals surface area contributed by atoms with E-state index in [4.69, 9.17) is 9.47 Å². The first kappa shape index (κ1) is 19.2. The molecule has 0 unspecified atom stereocenters. The summed E-state index contributed by atoms with van der Waals surface area (Å²) in [6.07, 6.45) is -0.116. The van der Waals surface area contributed by atoms with Crippen molar-refractivity contribution in [3.63, 3.8) is 0 Å². The van der Waals surface area contributed by atoms with Crippen molar-refractivity contribution in [2.24, 2.45) is 5.92 Å². The largest absolute Gasteiger partial charge is 0.494 e. The molecule has 24 heavy (non-hydrogen) atoms. The van der Waals surface area contributed by atoms with E-state index in [0.29, 0.717) is 24.9 Å². The maximum atomic E-state index is 12.4. The van der Waals surface area contributed by atoms with E-state index in [2.05, 4.69) is 23.5 Å². The summed E-state index contributed by atoms with van der Waals surface area (Å²) in [6.45, 7) is 10.4. The summed E-state index contributed by atoms with van der Waals surface area (Å²) in [7, 11) is -3.54. The minimum Gasteiger partial charge on any atom is -0.494 e. The van der Waals surface area contributed by atoms with Crippen molar-refractivity contribution >= 4 is 10.0 Å². The summed E-state index contributed by atoms with van der Waals surface area (Å²) in [5, 5.41) is 0. The normalized spacial score (nSPS) is 19.6. The number of nitrogens with one attached hydrogen (secondary N) is 1. The first-order valence-electron chi connectivity index (χ1n) is 8.47. The summed E-state index contributed by atoms with van der Waals surface area (Å²) in [5.74, 6) is 1.25. The van der Waals surface area contributed by atoms with Gasteiger partial charge in [0, 0.05) is 26.2 Å². The Labute approximate surface area is 145 Å². The quantitative estimate of drug-likeness (QED) is 0.768. The second-order valence-corrected chi connectivity index (χ2v) is 8.17. The molecule has 1 atom stereocenters. The van der Waals surface area contributed by atoms with Crippen LogP contribution in [0.5, 0.6) is 5.75 Å². The second-order valence-electron chi connectivity index (χ2n) is 6.40. The van der Waals surface area contributed by atoms with Crippen LogP contribution in [0.1, 0.15) is 20.8 Å². The molecule has 1 aromatic carbocycles. The summed E-state index contributed by atoms with van der Waals surface area (Å²) < 4.78 is 38.4.